The molecule has 1 aliphatic rings. The number of likely N-dealkylation sites (tertiary alicyclic amines) is 1. The van der Waals surface area contributed by atoms with Crippen molar-refractivity contribution in [2.75, 3.05) is 13.1 Å². The van der Waals surface area contributed by atoms with Gasteiger partial charge in [0.1, 0.15) is 0 Å². The largest absolute Gasteiger partial charge is 0.341 e. The van der Waals surface area contributed by atoms with Crippen LogP contribution in [-0.4, -0.2) is 29.9 Å². The third-order valence-electron chi connectivity index (χ3n) is 3.52. The molecule has 0 saturated carbocycles. The molecule has 16 heavy (non-hydrogen) atoms. The first kappa shape index (κ1) is 13.5. The van der Waals surface area contributed by atoms with Crippen LogP contribution in [0.1, 0.15) is 52.4 Å². The lowest BCUT2D eigenvalue weighted by Gasteiger charge is -2.33. The van der Waals surface area contributed by atoms with E-state index in [-0.39, 0.29) is 12.0 Å². The highest BCUT2D eigenvalue weighted by atomic mass is 16.2. The van der Waals surface area contributed by atoms with E-state index in [1.54, 1.807) is 0 Å². The summed E-state index contributed by atoms with van der Waals surface area (Å²) >= 11 is 0. The number of nitrogens with two attached hydrogens (primary N) is 1. The van der Waals surface area contributed by atoms with Gasteiger partial charge in [0, 0.05) is 25.0 Å². The van der Waals surface area contributed by atoms with E-state index in [2.05, 4.69) is 13.8 Å². The molecule has 0 unspecified atom stereocenters. The molecule has 0 aromatic carbocycles. The summed E-state index contributed by atoms with van der Waals surface area (Å²) in [4.78, 5) is 14.2. The third kappa shape index (κ3) is 3.78. The average Bonchev–Trinajstić information content (AvgIpc) is 2.29. The zero-order valence-corrected chi connectivity index (χ0v) is 10.7. The maximum atomic E-state index is 12.3. The van der Waals surface area contributed by atoms with Crippen molar-refractivity contribution in [3.05, 3.63) is 0 Å². The fourth-order valence-electron chi connectivity index (χ4n) is 2.42. The normalized spacial score (nSPS) is 23.2. The van der Waals surface area contributed by atoms with E-state index in [4.69, 9.17) is 5.73 Å². The molecule has 0 radical (unpaired) electrons. The maximum Gasteiger partial charge on any atom is 0.225 e. The van der Waals surface area contributed by atoms with Crippen LogP contribution in [0, 0.1) is 5.92 Å². The molecule has 0 bridgehead atoms. The Hall–Kier alpha value is -0.570. The second-order valence-electron chi connectivity index (χ2n) is 4.93. The van der Waals surface area contributed by atoms with Gasteiger partial charge >= 0.3 is 0 Å². The monoisotopic (exact) mass is 226 g/mol. The second-order valence-corrected chi connectivity index (χ2v) is 4.93. The average molecular weight is 226 g/mol. The molecule has 0 aromatic rings. The molecule has 2 atom stereocenters. The highest BCUT2D eigenvalue weighted by Gasteiger charge is 2.26. The van der Waals surface area contributed by atoms with Crippen LogP contribution in [0.25, 0.3) is 0 Å². The number of piperidine rings is 1. The molecule has 0 aromatic heterocycles. The minimum absolute atomic E-state index is 0.196. The van der Waals surface area contributed by atoms with Crippen molar-refractivity contribution in [3.63, 3.8) is 0 Å². The van der Waals surface area contributed by atoms with Gasteiger partial charge in [-0.15, -0.1) is 0 Å². The highest BCUT2D eigenvalue weighted by molar-refractivity contribution is 5.78. The number of hydrogen-bond donors (Lipinski definition) is 1. The molecular formula is C13H26N2O. The molecule has 94 valence electrons. The first-order valence-corrected chi connectivity index (χ1v) is 6.73. The van der Waals surface area contributed by atoms with E-state index in [9.17, 15) is 4.79 Å². The number of rotatable bonds is 5. The molecule has 3 heteroatoms. The molecule has 1 heterocycles. The number of amides is 1. The van der Waals surface area contributed by atoms with Crippen molar-refractivity contribution in [2.24, 2.45) is 11.7 Å². The predicted octanol–water partition coefficient (Wildman–Crippen LogP) is 2.15. The Bertz CT molecular complexity index is 218. The Labute approximate surface area is 99.4 Å². The lowest BCUT2D eigenvalue weighted by Crippen LogP contribution is -2.47. The van der Waals surface area contributed by atoms with E-state index in [0.29, 0.717) is 5.91 Å². The Morgan fingerprint density at radius 2 is 2.25 bits per heavy atom. The summed E-state index contributed by atoms with van der Waals surface area (Å²) < 4.78 is 0. The van der Waals surface area contributed by atoms with Gasteiger partial charge in [-0.05, 0) is 25.7 Å². The van der Waals surface area contributed by atoms with Gasteiger partial charge in [-0.3, -0.25) is 4.79 Å². The molecular weight excluding hydrogens is 200 g/mol. The van der Waals surface area contributed by atoms with Gasteiger partial charge in [0.25, 0.3) is 0 Å². The molecule has 1 amide bonds. The molecule has 1 aliphatic heterocycles. The summed E-state index contributed by atoms with van der Waals surface area (Å²) in [6, 6.07) is 0.196. The molecule has 0 spiro atoms. The van der Waals surface area contributed by atoms with Crippen LogP contribution in [0.3, 0.4) is 0 Å². The number of carbonyl (C=O) groups is 1. The van der Waals surface area contributed by atoms with E-state index in [0.717, 1.165) is 45.2 Å². The molecule has 0 aliphatic carbocycles. The van der Waals surface area contributed by atoms with Crippen molar-refractivity contribution in [2.45, 2.75) is 58.4 Å². The quantitative estimate of drug-likeness (QED) is 0.781. The van der Waals surface area contributed by atoms with E-state index >= 15 is 0 Å². The first-order valence-electron chi connectivity index (χ1n) is 6.73. The molecule has 1 fully saturated rings. The lowest BCUT2D eigenvalue weighted by molar-refractivity contribution is -0.137. The molecule has 1 rings (SSSR count). The van der Waals surface area contributed by atoms with Gasteiger partial charge < -0.3 is 10.6 Å². The molecule has 3 nitrogen and oxygen atoms in total. The standard InChI is InChI=1S/C13H26N2O/c1-3-5-7-11(4-2)13(16)15-9-6-8-12(14)10-15/h11-12H,3-10,14H2,1-2H3/t11-,12-/m0/s1. The number of unbranched alkanes of at least 4 members (excludes halogenated alkanes) is 1. The van der Waals surface area contributed by atoms with Gasteiger partial charge in [0.2, 0.25) is 5.91 Å². The molecule has 1 saturated heterocycles. The van der Waals surface area contributed by atoms with Crippen molar-refractivity contribution in [3.8, 4) is 0 Å². The summed E-state index contributed by atoms with van der Waals surface area (Å²) in [6.07, 6.45) is 6.46. The van der Waals surface area contributed by atoms with E-state index in [1.165, 1.54) is 6.42 Å². The van der Waals surface area contributed by atoms with Crippen LogP contribution in [-0.2, 0) is 4.79 Å². The fourth-order valence-corrected chi connectivity index (χ4v) is 2.42. The van der Waals surface area contributed by atoms with Crippen molar-refractivity contribution in [1.29, 1.82) is 0 Å². The smallest absolute Gasteiger partial charge is 0.225 e. The summed E-state index contributed by atoms with van der Waals surface area (Å²) in [5.41, 5.74) is 5.91. The fraction of sp³-hybridized carbons (Fsp3) is 0.923. The summed E-state index contributed by atoms with van der Waals surface area (Å²) in [7, 11) is 0. The van der Waals surface area contributed by atoms with Crippen LogP contribution in [0.4, 0.5) is 0 Å². The second kappa shape index (κ2) is 6.89. The number of hydrogen-bond acceptors (Lipinski definition) is 2. The van der Waals surface area contributed by atoms with Gasteiger partial charge in [-0.2, -0.15) is 0 Å². The zero-order valence-electron chi connectivity index (χ0n) is 10.7. The minimum Gasteiger partial charge on any atom is -0.341 e. The number of carbonyl (C=O) groups excluding carboxylic acids is 1. The van der Waals surface area contributed by atoms with Crippen LogP contribution < -0.4 is 5.73 Å². The Kier molecular flexibility index (Phi) is 5.81. The van der Waals surface area contributed by atoms with Crippen LogP contribution in [0.15, 0.2) is 0 Å². The highest BCUT2D eigenvalue weighted by Crippen LogP contribution is 2.18. The topological polar surface area (TPSA) is 46.3 Å². The summed E-state index contributed by atoms with van der Waals surface area (Å²) in [5.74, 6) is 0.566. The van der Waals surface area contributed by atoms with Crippen LogP contribution in [0.5, 0.6) is 0 Å². The number of nitrogens with zero attached hydrogens (tertiary/aromatic N) is 1. The Morgan fingerprint density at radius 1 is 1.50 bits per heavy atom. The van der Waals surface area contributed by atoms with Crippen LogP contribution >= 0.6 is 0 Å². The minimum atomic E-state index is 0.196. The Balaban J connectivity index is 2.46. The zero-order chi connectivity index (χ0) is 12.0. The van der Waals surface area contributed by atoms with Gasteiger partial charge in [-0.1, -0.05) is 26.7 Å². The lowest BCUT2D eigenvalue weighted by atomic mass is 9.96. The predicted molar refractivity (Wildman–Crippen MR) is 67.1 cm³/mol. The van der Waals surface area contributed by atoms with E-state index in [1.807, 2.05) is 4.90 Å². The van der Waals surface area contributed by atoms with Gasteiger partial charge in [0.15, 0.2) is 0 Å². The molecule has 2 N–H and O–H groups in total. The Morgan fingerprint density at radius 3 is 2.81 bits per heavy atom. The van der Waals surface area contributed by atoms with Crippen LogP contribution in [0.2, 0.25) is 0 Å². The summed E-state index contributed by atoms with van der Waals surface area (Å²) in [5, 5.41) is 0. The van der Waals surface area contributed by atoms with Gasteiger partial charge in [-0.25, -0.2) is 0 Å². The van der Waals surface area contributed by atoms with E-state index < -0.39 is 0 Å². The third-order valence-corrected chi connectivity index (χ3v) is 3.52. The SMILES string of the molecule is CCCC[C@H](CC)C(=O)N1CCC[C@H](N)C1. The van der Waals surface area contributed by atoms with Crippen molar-refractivity contribution >= 4 is 5.91 Å². The first-order chi connectivity index (χ1) is 7.69. The van der Waals surface area contributed by atoms with Crippen molar-refractivity contribution < 1.29 is 4.79 Å². The summed E-state index contributed by atoms with van der Waals surface area (Å²) in [6.45, 7) is 5.97. The van der Waals surface area contributed by atoms with Crippen molar-refractivity contribution in [1.82, 2.24) is 4.90 Å². The van der Waals surface area contributed by atoms with Gasteiger partial charge in [0.05, 0.1) is 0 Å². The maximum absolute atomic E-state index is 12.3.